The predicted molar refractivity (Wildman–Crippen MR) is 56.4 cm³/mol. The number of phenols is 2. The van der Waals surface area contributed by atoms with Crippen molar-refractivity contribution in [3.8, 4) is 11.5 Å². The fourth-order valence-electron chi connectivity index (χ4n) is 1.05. The van der Waals surface area contributed by atoms with E-state index in [9.17, 15) is 5.11 Å². The van der Waals surface area contributed by atoms with Gasteiger partial charge in [-0.3, -0.25) is 0 Å². The maximum Gasteiger partial charge on any atom is 0.229 e. The van der Waals surface area contributed by atoms with Crippen LogP contribution in [0.3, 0.4) is 0 Å². The number of para-hydroxylation sites is 1. The monoisotopic (exact) mass is 224 g/mol. The molecule has 14 heavy (non-hydrogen) atoms. The van der Waals surface area contributed by atoms with E-state index in [1.165, 1.54) is 6.07 Å². The molecule has 3 nitrogen and oxygen atoms in total. The first-order valence-corrected chi connectivity index (χ1v) is 4.98. The summed E-state index contributed by atoms with van der Waals surface area (Å²) < 4.78 is 3.86. The zero-order chi connectivity index (χ0) is 11.0. The smallest absolute Gasteiger partial charge is 0.229 e. The third-order valence-corrected chi connectivity index (χ3v) is 1.62. The molecule has 0 unspecified atom stereocenters. The molecule has 0 spiro atoms. The summed E-state index contributed by atoms with van der Waals surface area (Å²) in [5.74, 6) is -0.00898. The topological polar surface area (TPSA) is 49.7 Å². The molecule has 0 amide bonds. The van der Waals surface area contributed by atoms with Gasteiger partial charge in [-0.1, -0.05) is 25.5 Å². The molecular formula is C9H12O3Si2. The number of phenolic OH excluding ortho intramolecular Hbond substituents is 2. The van der Waals surface area contributed by atoms with Crippen LogP contribution in [-0.4, -0.2) is 31.2 Å². The number of aromatic hydroxyl groups is 2. The van der Waals surface area contributed by atoms with E-state index in [2.05, 4.69) is 25.1 Å². The van der Waals surface area contributed by atoms with Gasteiger partial charge in [0.2, 0.25) is 21.0 Å². The van der Waals surface area contributed by atoms with Crippen LogP contribution in [0.5, 0.6) is 11.5 Å². The molecule has 1 rings (SSSR count). The van der Waals surface area contributed by atoms with Crippen molar-refractivity contribution < 1.29 is 14.3 Å². The highest BCUT2D eigenvalue weighted by molar-refractivity contribution is 6.15. The summed E-state index contributed by atoms with van der Waals surface area (Å²) in [5, 5.41) is 18.4. The Morgan fingerprint density at radius 3 is 2.36 bits per heavy atom. The molecule has 0 heterocycles. The molecule has 1 aromatic rings. The third kappa shape index (κ3) is 4.45. The summed E-state index contributed by atoms with van der Waals surface area (Å²) in [6.45, 7) is 2.03. The Bertz CT molecular complexity index is 266. The van der Waals surface area contributed by atoms with Crippen molar-refractivity contribution in [2.75, 3.05) is 0 Å². The maximum absolute atomic E-state index is 9.28. The van der Waals surface area contributed by atoms with E-state index in [4.69, 9.17) is 5.11 Å². The van der Waals surface area contributed by atoms with E-state index in [1.807, 2.05) is 13.0 Å². The van der Waals surface area contributed by atoms with Gasteiger partial charge in [0.15, 0.2) is 11.5 Å². The predicted octanol–water partition coefficient (Wildman–Crippen LogP) is 1.22. The lowest BCUT2D eigenvalue weighted by Crippen LogP contribution is -1.83. The highest BCUT2D eigenvalue weighted by atomic mass is 28.3. The van der Waals surface area contributed by atoms with Crippen LogP contribution in [0.4, 0.5) is 0 Å². The molecule has 0 saturated heterocycles. The molecule has 6 radical (unpaired) electrons. The van der Waals surface area contributed by atoms with Gasteiger partial charge in [0.1, 0.15) is 0 Å². The summed E-state index contributed by atoms with van der Waals surface area (Å²) in [6, 6.07) is 5.03. The van der Waals surface area contributed by atoms with Crippen LogP contribution in [-0.2, 0) is 10.5 Å². The van der Waals surface area contributed by atoms with Gasteiger partial charge < -0.3 is 14.3 Å². The van der Waals surface area contributed by atoms with Gasteiger partial charge >= 0.3 is 0 Å². The Morgan fingerprint density at radius 1 is 1.29 bits per heavy atom. The first-order valence-electron chi connectivity index (χ1n) is 4.16. The third-order valence-electron chi connectivity index (χ3n) is 1.62. The van der Waals surface area contributed by atoms with E-state index < -0.39 is 0 Å². The van der Waals surface area contributed by atoms with Gasteiger partial charge in [0, 0.05) is 0 Å². The van der Waals surface area contributed by atoms with Crippen molar-refractivity contribution in [1.82, 2.24) is 0 Å². The molecule has 2 N–H and O–H groups in total. The zero-order valence-corrected chi connectivity index (χ0v) is 9.95. The number of hydrogen-bond donors (Lipinski definition) is 2. The first-order chi connectivity index (χ1) is 6.67. The lowest BCUT2D eigenvalue weighted by molar-refractivity contribution is 0.399. The lowest BCUT2D eigenvalue weighted by atomic mass is 10.1. The van der Waals surface area contributed by atoms with Crippen LogP contribution in [0.1, 0.15) is 18.9 Å². The minimum absolute atomic E-state index is 0.0225. The number of rotatable bonds is 2. The lowest BCUT2D eigenvalue weighted by Gasteiger charge is -2.03. The SMILES string of the molecule is CCCc1cccc(O)c1O.[Si]O[Si]. The maximum atomic E-state index is 9.28. The van der Waals surface area contributed by atoms with Crippen LogP contribution >= 0.6 is 0 Å². The second kappa shape index (κ2) is 7.60. The van der Waals surface area contributed by atoms with Crippen molar-refractivity contribution in [3.05, 3.63) is 23.8 Å². The average Bonchev–Trinajstić information content (AvgIpc) is 2.15. The van der Waals surface area contributed by atoms with E-state index in [0.29, 0.717) is 0 Å². The molecule has 0 aliphatic carbocycles. The Balaban J connectivity index is 0.000000500. The van der Waals surface area contributed by atoms with Crippen molar-refractivity contribution in [2.45, 2.75) is 19.8 Å². The zero-order valence-electron chi connectivity index (χ0n) is 7.95. The van der Waals surface area contributed by atoms with Crippen molar-refractivity contribution in [3.63, 3.8) is 0 Å². The molecule has 0 aromatic heterocycles. The van der Waals surface area contributed by atoms with Crippen LogP contribution in [0, 0.1) is 0 Å². The minimum atomic E-state index is -0.0315. The van der Waals surface area contributed by atoms with Gasteiger partial charge in [0.25, 0.3) is 0 Å². The highest BCUT2D eigenvalue weighted by Crippen LogP contribution is 2.28. The van der Waals surface area contributed by atoms with Crippen LogP contribution in [0.25, 0.3) is 0 Å². The molecule has 0 saturated carbocycles. The number of hydrogen-bond acceptors (Lipinski definition) is 3. The van der Waals surface area contributed by atoms with Crippen LogP contribution in [0.2, 0.25) is 0 Å². The highest BCUT2D eigenvalue weighted by Gasteiger charge is 2.02. The van der Waals surface area contributed by atoms with E-state index >= 15 is 0 Å². The summed E-state index contributed by atoms with van der Waals surface area (Å²) in [7, 11) is 5.19. The van der Waals surface area contributed by atoms with Gasteiger partial charge in [-0.05, 0) is 18.1 Å². The normalized spacial score (nSPS) is 9.07. The number of benzene rings is 1. The van der Waals surface area contributed by atoms with Gasteiger partial charge in [-0.25, -0.2) is 0 Å². The standard InChI is InChI=1S/C9H12O2.OSi2/c1-2-4-7-5-3-6-8(10)9(7)11;2-1-3/h3,5-6,10-11H,2,4H2,1H3;. The molecular weight excluding hydrogens is 212 g/mol. The van der Waals surface area contributed by atoms with Gasteiger partial charge in [-0.2, -0.15) is 0 Å². The second-order valence-electron chi connectivity index (χ2n) is 2.64. The minimum Gasteiger partial charge on any atom is -0.504 e. The quantitative estimate of drug-likeness (QED) is 0.586. The molecule has 5 heteroatoms. The van der Waals surface area contributed by atoms with Crippen molar-refractivity contribution in [1.29, 1.82) is 0 Å². The summed E-state index contributed by atoms with van der Waals surface area (Å²) in [4.78, 5) is 0. The van der Waals surface area contributed by atoms with E-state index in [-0.39, 0.29) is 11.5 Å². The van der Waals surface area contributed by atoms with Crippen LogP contribution < -0.4 is 0 Å². The van der Waals surface area contributed by atoms with Gasteiger partial charge in [0.05, 0.1) is 0 Å². The number of aryl methyl sites for hydroxylation is 1. The Labute approximate surface area is 90.8 Å². The fraction of sp³-hybridized carbons (Fsp3) is 0.333. The van der Waals surface area contributed by atoms with Crippen LogP contribution in [0.15, 0.2) is 18.2 Å². The molecule has 0 atom stereocenters. The fourth-order valence-corrected chi connectivity index (χ4v) is 1.05. The Hall–Kier alpha value is -0.786. The summed E-state index contributed by atoms with van der Waals surface area (Å²) >= 11 is 0. The van der Waals surface area contributed by atoms with E-state index in [1.54, 1.807) is 6.07 Å². The molecule has 0 aliphatic rings. The molecule has 74 valence electrons. The summed E-state index contributed by atoms with van der Waals surface area (Å²) in [6.07, 6.45) is 1.78. The molecule has 1 aromatic carbocycles. The van der Waals surface area contributed by atoms with E-state index in [0.717, 1.165) is 18.4 Å². The second-order valence-corrected chi connectivity index (χ2v) is 3.45. The molecule has 0 fully saturated rings. The van der Waals surface area contributed by atoms with Crippen molar-refractivity contribution >= 4 is 21.0 Å². The largest absolute Gasteiger partial charge is 0.504 e. The molecule has 0 aliphatic heterocycles. The average molecular weight is 224 g/mol. The van der Waals surface area contributed by atoms with Crippen molar-refractivity contribution in [2.24, 2.45) is 0 Å². The summed E-state index contributed by atoms with van der Waals surface area (Å²) in [5.41, 5.74) is 0.813. The molecule has 0 bridgehead atoms. The first kappa shape index (κ1) is 13.2. The Morgan fingerprint density at radius 2 is 1.86 bits per heavy atom. The van der Waals surface area contributed by atoms with Gasteiger partial charge in [-0.15, -0.1) is 0 Å². The Kier molecular flexibility index (Phi) is 7.18.